The summed E-state index contributed by atoms with van der Waals surface area (Å²) in [6.45, 7) is 10.5. The standard InChI is InChI=1S/C21H34N2O5S/c1-14(2)16(23(6)20(25)28-21(3,4)5)11-17(24)19-22-15(13-29-19)12-27-18-9-7-8-10-26-18/h13-14,16,18H,7-12H2,1-6H3/t16-,18?/m1/s1. The minimum atomic E-state index is -0.580. The minimum absolute atomic E-state index is 0.0794. The van der Waals surface area contributed by atoms with Crippen LogP contribution in [0.1, 0.15) is 75.8 Å². The largest absolute Gasteiger partial charge is 0.444 e. The van der Waals surface area contributed by atoms with E-state index in [0.717, 1.165) is 31.6 Å². The summed E-state index contributed by atoms with van der Waals surface area (Å²) in [6, 6.07) is -0.267. The zero-order valence-electron chi connectivity index (χ0n) is 18.4. The van der Waals surface area contributed by atoms with E-state index in [0.29, 0.717) is 11.6 Å². The molecule has 1 aromatic rings. The summed E-state index contributed by atoms with van der Waals surface area (Å²) in [6.07, 6.45) is 2.66. The zero-order valence-corrected chi connectivity index (χ0v) is 19.2. The van der Waals surface area contributed by atoms with Crippen LogP contribution in [0.2, 0.25) is 0 Å². The lowest BCUT2D eigenvalue weighted by Gasteiger charge is -2.32. The first-order valence-corrected chi connectivity index (χ1v) is 11.1. The highest BCUT2D eigenvalue weighted by molar-refractivity contribution is 7.11. The number of hydrogen-bond acceptors (Lipinski definition) is 7. The summed E-state index contributed by atoms with van der Waals surface area (Å²) in [5, 5.41) is 2.29. The molecule has 0 radical (unpaired) electrons. The lowest BCUT2D eigenvalue weighted by molar-refractivity contribution is -0.169. The highest BCUT2D eigenvalue weighted by Crippen LogP contribution is 2.22. The van der Waals surface area contributed by atoms with Gasteiger partial charge in [0.1, 0.15) is 5.60 Å². The van der Waals surface area contributed by atoms with Crippen LogP contribution >= 0.6 is 11.3 Å². The Morgan fingerprint density at radius 1 is 1.34 bits per heavy atom. The van der Waals surface area contributed by atoms with Crippen molar-refractivity contribution in [2.75, 3.05) is 13.7 Å². The Hall–Kier alpha value is -1.51. The number of rotatable bonds is 8. The van der Waals surface area contributed by atoms with E-state index >= 15 is 0 Å². The van der Waals surface area contributed by atoms with Gasteiger partial charge in [0.15, 0.2) is 17.1 Å². The molecule has 0 bridgehead atoms. The summed E-state index contributed by atoms with van der Waals surface area (Å²) in [5.41, 5.74) is 0.150. The maximum atomic E-state index is 12.8. The second kappa shape index (κ2) is 10.5. The molecule has 29 heavy (non-hydrogen) atoms. The van der Waals surface area contributed by atoms with Crippen LogP contribution in [0.25, 0.3) is 0 Å². The molecule has 1 unspecified atom stereocenters. The number of ether oxygens (including phenoxy) is 3. The summed E-state index contributed by atoms with van der Waals surface area (Å²) in [4.78, 5) is 31.2. The number of hydrogen-bond donors (Lipinski definition) is 0. The van der Waals surface area contributed by atoms with Crippen molar-refractivity contribution in [3.63, 3.8) is 0 Å². The van der Waals surface area contributed by atoms with Gasteiger partial charge >= 0.3 is 6.09 Å². The molecule has 7 nitrogen and oxygen atoms in total. The Kier molecular flexibility index (Phi) is 8.60. The lowest BCUT2D eigenvalue weighted by atomic mass is 9.97. The molecule has 0 N–H and O–H groups in total. The van der Waals surface area contributed by atoms with E-state index in [9.17, 15) is 9.59 Å². The average Bonchev–Trinajstić information content (AvgIpc) is 3.12. The molecular weight excluding hydrogens is 392 g/mol. The predicted molar refractivity (Wildman–Crippen MR) is 112 cm³/mol. The van der Waals surface area contributed by atoms with Crippen molar-refractivity contribution in [2.24, 2.45) is 5.92 Å². The van der Waals surface area contributed by atoms with Gasteiger partial charge in [-0.2, -0.15) is 0 Å². The van der Waals surface area contributed by atoms with Gasteiger partial charge in [0.2, 0.25) is 0 Å². The van der Waals surface area contributed by atoms with Crippen LogP contribution in [0.5, 0.6) is 0 Å². The number of nitrogens with zero attached hydrogens (tertiary/aromatic N) is 2. The van der Waals surface area contributed by atoms with Gasteiger partial charge in [-0.15, -0.1) is 11.3 Å². The van der Waals surface area contributed by atoms with Crippen molar-refractivity contribution >= 4 is 23.2 Å². The van der Waals surface area contributed by atoms with Crippen molar-refractivity contribution in [1.29, 1.82) is 0 Å². The van der Waals surface area contributed by atoms with Crippen molar-refractivity contribution in [3.8, 4) is 0 Å². The van der Waals surface area contributed by atoms with E-state index in [-0.39, 0.29) is 30.5 Å². The number of carbonyl (C=O) groups excluding carboxylic acids is 2. The van der Waals surface area contributed by atoms with Gasteiger partial charge in [-0.3, -0.25) is 4.79 Å². The first-order chi connectivity index (χ1) is 13.6. The Bertz CT molecular complexity index is 677. The molecule has 0 aromatic carbocycles. The van der Waals surface area contributed by atoms with E-state index in [1.54, 1.807) is 7.05 Å². The van der Waals surface area contributed by atoms with Crippen molar-refractivity contribution in [1.82, 2.24) is 9.88 Å². The van der Waals surface area contributed by atoms with Crippen LogP contribution in [0, 0.1) is 5.92 Å². The Morgan fingerprint density at radius 2 is 2.07 bits per heavy atom. The first-order valence-electron chi connectivity index (χ1n) is 10.2. The smallest absolute Gasteiger partial charge is 0.410 e. The molecule has 0 saturated carbocycles. The van der Waals surface area contributed by atoms with Gasteiger partial charge in [-0.05, 0) is 46.0 Å². The van der Waals surface area contributed by atoms with Crippen molar-refractivity contribution < 1.29 is 23.8 Å². The SMILES string of the molecule is CC(C)[C@@H](CC(=O)c1nc(COC2CCCCO2)cs1)N(C)C(=O)OC(C)(C)C. The number of aromatic nitrogens is 1. The lowest BCUT2D eigenvalue weighted by Crippen LogP contribution is -2.44. The number of carbonyl (C=O) groups is 2. The van der Waals surface area contributed by atoms with Gasteiger partial charge in [0.05, 0.1) is 12.3 Å². The predicted octanol–water partition coefficient (Wildman–Crippen LogP) is 4.65. The fraction of sp³-hybridized carbons (Fsp3) is 0.762. The van der Waals surface area contributed by atoms with Gasteiger partial charge in [0, 0.05) is 31.5 Å². The first kappa shape index (κ1) is 23.8. The molecule has 2 rings (SSSR count). The van der Waals surface area contributed by atoms with E-state index in [2.05, 4.69) is 4.98 Å². The topological polar surface area (TPSA) is 78.0 Å². The van der Waals surface area contributed by atoms with Crippen molar-refractivity contribution in [3.05, 3.63) is 16.1 Å². The quantitative estimate of drug-likeness (QED) is 0.563. The summed E-state index contributed by atoms with van der Waals surface area (Å²) in [7, 11) is 1.68. The minimum Gasteiger partial charge on any atom is -0.444 e. The molecule has 1 aliphatic heterocycles. The fourth-order valence-electron chi connectivity index (χ4n) is 3.09. The second-order valence-corrected chi connectivity index (χ2v) is 9.64. The molecule has 1 aromatic heterocycles. The molecule has 1 saturated heterocycles. The third-order valence-electron chi connectivity index (χ3n) is 4.69. The third kappa shape index (κ3) is 7.68. The summed E-state index contributed by atoms with van der Waals surface area (Å²) in [5.74, 6) is 0.0203. The average molecular weight is 427 g/mol. The molecule has 0 spiro atoms. The third-order valence-corrected chi connectivity index (χ3v) is 5.62. The van der Waals surface area contributed by atoms with Crippen molar-refractivity contribution in [2.45, 2.75) is 84.8 Å². The maximum Gasteiger partial charge on any atom is 0.410 e. The highest BCUT2D eigenvalue weighted by atomic mass is 32.1. The second-order valence-electron chi connectivity index (χ2n) is 8.78. The highest BCUT2D eigenvalue weighted by Gasteiger charge is 2.30. The molecule has 1 aliphatic rings. The molecule has 1 amide bonds. The molecular formula is C21H34N2O5S. The Labute approximate surface area is 177 Å². The Balaban J connectivity index is 1.93. The molecule has 2 atom stereocenters. The number of thiazole rings is 1. The van der Waals surface area contributed by atoms with E-state index in [1.807, 2.05) is 40.0 Å². The van der Waals surface area contributed by atoms with Crippen LogP contribution in [0.15, 0.2) is 5.38 Å². The molecule has 2 heterocycles. The monoisotopic (exact) mass is 426 g/mol. The summed E-state index contributed by atoms with van der Waals surface area (Å²) < 4.78 is 16.7. The molecule has 1 fully saturated rings. The van der Waals surface area contributed by atoms with E-state index < -0.39 is 11.7 Å². The molecule has 8 heteroatoms. The summed E-state index contributed by atoms with van der Waals surface area (Å²) >= 11 is 1.31. The normalized spacial score (nSPS) is 18.5. The number of amides is 1. The van der Waals surface area contributed by atoms with Gasteiger partial charge in [0.25, 0.3) is 0 Å². The van der Waals surface area contributed by atoms with E-state index in [1.165, 1.54) is 16.2 Å². The number of Topliss-reactive ketones (excluding diaryl/α,β-unsaturated/α-hetero) is 1. The van der Waals surface area contributed by atoms with Crippen LogP contribution in [-0.2, 0) is 20.8 Å². The zero-order chi connectivity index (χ0) is 21.6. The Morgan fingerprint density at radius 3 is 2.66 bits per heavy atom. The van der Waals surface area contributed by atoms with Crippen LogP contribution in [0.4, 0.5) is 4.79 Å². The van der Waals surface area contributed by atoms with E-state index in [4.69, 9.17) is 14.2 Å². The van der Waals surface area contributed by atoms with Crippen LogP contribution in [-0.4, -0.2) is 53.3 Å². The van der Waals surface area contributed by atoms with Gasteiger partial charge < -0.3 is 19.1 Å². The number of ketones is 1. The fourth-order valence-corrected chi connectivity index (χ4v) is 3.84. The van der Waals surface area contributed by atoms with Gasteiger partial charge in [-0.1, -0.05) is 13.8 Å². The van der Waals surface area contributed by atoms with Crippen LogP contribution in [0.3, 0.4) is 0 Å². The molecule has 0 aliphatic carbocycles. The molecule has 164 valence electrons. The van der Waals surface area contributed by atoms with Crippen LogP contribution < -0.4 is 0 Å². The maximum absolute atomic E-state index is 12.8. The van der Waals surface area contributed by atoms with Gasteiger partial charge in [-0.25, -0.2) is 9.78 Å².